The smallest absolute Gasteiger partial charge is 0.244 e. The van der Waals surface area contributed by atoms with Crippen molar-refractivity contribution in [2.75, 3.05) is 13.1 Å². The van der Waals surface area contributed by atoms with Crippen molar-refractivity contribution < 1.29 is 4.79 Å². The summed E-state index contributed by atoms with van der Waals surface area (Å²) in [5.41, 5.74) is 2.13. The van der Waals surface area contributed by atoms with Crippen LogP contribution in [0.5, 0.6) is 0 Å². The van der Waals surface area contributed by atoms with Gasteiger partial charge >= 0.3 is 0 Å². The van der Waals surface area contributed by atoms with E-state index in [4.69, 9.17) is 11.6 Å². The molecule has 2 aromatic rings. The number of nitrogens with zero attached hydrogens (tertiary/aromatic N) is 1. The van der Waals surface area contributed by atoms with Gasteiger partial charge in [-0.15, -0.1) is 0 Å². The number of nitrogens with one attached hydrogen (secondary N) is 1. The lowest BCUT2D eigenvalue weighted by molar-refractivity contribution is -0.132. The van der Waals surface area contributed by atoms with Crippen molar-refractivity contribution in [3.63, 3.8) is 0 Å². The molecule has 1 N–H and O–H groups in total. The van der Waals surface area contributed by atoms with Gasteiger partial charge in [0.15, 0.2) is 0 Å². The summed E-state index contributed by atoms with van der Waals surface area (Å²) in [4.78, 5) is 15.0. The van der Waals surface area contributed by atoms with Crippen LogP contribution in [0, 0.1) is 0 Å². The van der Waals surface area contributed by atoms with Crippen molar-refractivity contribution in [3.8, 4) is 0 Å². The Labute approximate surface area is 148 Å². The molecule has 2 atom stereocenters. The average molecular weight is 343 g/mol. The summed E-state index contributed by atoms with van der Waals surface area (Å²) < 4.78 is 0. The van der Waals surface area contributed by atoms with Crippen LogP contribution in [0.25, 0.3) is 0 Å². The van der Waals surface area contributed by atoms with Gasteiger partial charge in [0, 0.05) is 24.2 Å². The molecule has 1 saturated heterocycles. The molecule has 0 spiro atoms. The van der Waals surface area contributed by atoms with Crippen LogP contribution in [0.15, 0.2) is 54.6 Å². The van der Waals surface area contributed by atoms with E-state index in [9.17, 15) is 4.79 Å². The zero-order valence-electron chi connectivity index (χ0n) is 13.9. The average Bonchev–Trinajstić information content (AvgIpc) is 3.15. The summed E-state index contributed by atoms with van der Waals surface area (Å²) in [7, 11) is 0. The van der Waals surface area contributed by atoms with Crippen LogP contribution in [-0.2, 0) is 4.79 Å². The zero-order chi connectivity index (χ0) is 16.9. The molecule has 0 unspecified atom stereocenters. The third-order valence-corrected chi connectivity index (χ3v) is 4.84. The lowest BCUT2D eigenvalue weighted by Crippen LogP contribution is -2.40. The summed E-state index contributed by atoms with van der Waals surface area (Å²) in [6.45, 7) is 3.80. The molecule has 1 aliphatic heterocycles. The lowest BCUT2D eigenvalue weighted by atomic mass is 10.0. The number of benzene rings is 2. The summed E-state index contributed by atoms with van der Waals surface area (Å²) in [6, 6.07) is 17.5. The van der Waals surface area contributed by atoms with Crippen molar-refractivity contribution in [2.24, 2.45) is 0 Å². The number of amides is 1. The number of carbonyl (C=O) groups excluding carboxylic acids is 1. The topological polar surface area (TPSA) is 32.3 Å². The molecule has 3 nitrogen and oxygen atoms in total. The first kappa shape index (κ1) is 17.0. The normalized spacial score (nSPS) is 16.8. The van der Waals surface area contributed by atoms with Crippen molar-refractivity contribution in [2.45, 2.75) is 31.8 Å². The molecule has 0 radical (unpaired) electrons. The monoisotopic (exact) mass is 342 g/mol. The molecule has 4 heteroatoms. The fourth-order valence-corrected chi connectivity index (χ4v) is 3.30. The van der Waals surface area contributed by atoms with Crippen molar-refractivity contribution >= 4 is 17.5 Å². The van der Waals surface area contributed by atoms with Crippen LogP contribution in [0.2, 0.25) is 5.02 Å². The zero-order valence-corrected chi connectivity index (χ0v) is 14.7. The van der Waals surface area contributed by atoms with Gasteiger partial charge in [0.1, 0.15) is 6.04 Å². The first-order valence-electron chi connectivity index (χ1n) is 8.50. The molecule has 126 valence electrons. The Kier molecular flexibility index (Phi) is 5.54. The van der Waals surface area contributed by atoms with Crippen LogP contribution in [0.1, 0.15) is 43.0 Å². The van der Waals surface area contributed by atoms with Gasteiger partial charge in [-0.25, -0.2) is 0 Å². The van der Waals surface area contributed by atoms with Gasteiger partial charge in [0.2, 0.25) is 5.91 Å². The molecule has 0 bridgehead atoms. The van der Waals surface area contributed by atoms with Crippen molar-refractivity contribution in [1.29, 1.82) is 0 Å². The molecule has 0 aromatic heterocycles. The van der Waals surface area contributed by atoms with Crippen molar-refractivity contribution in [3.05, 3.63) is 70.7 Å². The van der Waals surface area contributed by atoms with E-state index in [0.29, 0.717) is 0 Å². The van der Waals surface area contributed by atoms with Gasteiger partial charge in [-0.2, -0.15) is 0 Å². The van der Waals surface area contributed by atoms with Gasteiger partial charge < -0.3 is 4.90 Å². The van der Waals surface area contributed by atoms with E-state index >= 15 is 0 Å². The molecule has 1 aliphatic rings. The molecule has 0 saturated carbocycles. The van der Waals surface area contributed by atoms with Gasteiger partial charge in [0.25, 0.3) is 0 Å². The first-order chi connectivity index (χ1) is 11.6. The second-order valence-electron chi connectivity index (χ2n) is 6.32. The van der Waals surface area contributed by atoms with E-state index in [1.165, 1.54) is 0 Å². The highest BCUT2D eigenvalue weighted by atomic mass is 35.5. The molecule has 1 heterocycles. The summed E-state index contributed by atoms with van der Waals surface area (Å²) in [5, 5.41) is 4.23. The predicted molar refractivity (Wildman–Crippen MR) is 98.0 cm³/mol. The largest absolute Gasteiger partial charge is 0.341 e. The lowest BCUT2D eigenvalue weighted by Gasteiger charge is -2.27. The Hall–Kier alpha value is -1.84. The van der Waals surface area contributed by atoms with Crippen LogP contribution >= 0.6 is 11.6 Å². The predicted octanol–water partition coefficient (Wildman–Crippen LogP) is 4.35. The molecule has 3 rings (SSSR count). The molecule has 2 aromatic carbocycles. The molecular weight excluding hydrogens is 320 g/mol. The fraction of sp³-hybridized carbons (Fsp3) is 0.350. The molecule has 1 fully saturated rings. The Morgan fingerprint density at radius 2 is 1.62 bits per heavy atom. The number of hydrogen-bond donors (Lipinski definition) is 1. The van der Waals surface area contributed by atoms with E-state index in [2.05, 4.69) is 12.2 Å². The van der Waals surface area contributed by atoms with Crippen molar-refractivity contribution in [1.82, 2.24) is 10.2 Å². The van der Waals surface area contributed by atoms with E-state index in [-0.39, 0.29) is 18.0 Å². The minimum atomic E-state index is -0.324. The molecular formula is C20H23ClN2O. The maximum absolute atomic E-state index is 13.0. The number of hydrogen-bond acceptors (Lipinski definition) is 2. The fourth-order valence-electron chi connectivity index (χ4n) is 3.17. The van der Waals surface area contributed by atoms with Gasteiger partial charge in [0.05, 0.1) is 0 Å². The maximum atomic E-state index is 13.0. The molecule has 24 heavy (non-hydrogen) atoms. The van der Waals surface area contributed by atoms with Crippen LogP contribution in [-0.4, -0.2) is 23.9 Å². The number of likely N-dealkylation sites (tertiary alicyclic amines) is 1. The third kappa shape index (κ3) is 3.97. The minimum absolute atomic E-state index is 0.0547. The third-order valence-electron chi connectivity index (χ3n) is 4.58. The van der Waals surface area contributed by atoms with Crippen LogP contribution in [0.4, 0.5) is 0 Å². The minimum Gasteiger partial charge on any atom is -0.341 e. The standard InChI is InChI=1S/C20H23ClN2O/c1-15(16-9-11-18(21)12-10-16)22-19(17-7-3-2-4-8-17)20(24)23-13-5-6-14-23/h2-4,7-12,15,19,22H,5-6,13-14H2,1H3/t15-,19-/m1/s1. The second-order valence-corrected chi connectivity index (χ2v) is 6.75. The second kappa shape index (κ2) is 7.82. The highest BCUT2D eigenvalue weighted by molar-refractivity contribution is 6.30. The summed E-state index contributed by atoms with van der Waals surface area (Å²) in [5.74, 6) is 0.166. The van der Waals surface area contributed by atoms with Crippen LogP contribution in [0.3, 0.4) is 0 Å². The maximum Gasteiger partial charge on any atom is 0.244 e. The number of halogens is 1. The van der Waals surface area contributed by atoms with Gasteiger partial charge in [-0.3, -0.25) is 10.1 Å². The Morgan fingerprint density at radius 1 is 1.00 bits per heavy atom. The Balaban J connectivity index is 1.81. The summed E-state index contributed by atoms with van der Waals surface area (Å²) >= 11 is 5.97. The summed E-state index contributed by atoms with van der Waals surface area (Å²) in [6.07, 6.45) is 2.19. The quantitative estimate of drug-likeness (QED) is 0.875. The molecule has 1 amide bonds. The van der Waals surface area contributed by atoms with E-state index in [1.54, 1.807) is 0 Å². The van der Waals surface area contributed by atoms with Gasteiger partial charge in [-0.1, -0.05) is 54.1 Å². The van der Waals surface area contributed by atoms with E-state index in [0.717, 1.165) is 42.1 Å². The van der Waals surface area contributed by atoms with Crippen LogP contribution < -0.4 is 5.32 Å². The highest BCUT2D eigenvalue weighted by Gasteiger charge is 2.28. The van der Waals surface area contributed by atoms with Gasteiger partial charge in [-0.05, 0) is 43.0 Å². The Morgan fingerprint density at radius 3 is 2.25 bits per heavy atom. The molecule has 0 aliphatic carbocycles. The first-order valence-corrected chi connectivity index (χ1v) is 8.88. The highest BCUT2D eigenvalue weighted by Crippen LogP contribution is 2.24. The number of rotatable bonds is 5. The van der Waals surface area contributed by atoms with E-state index in [1.807, 2.05) is 59.5 Å². The number of carbonyl (C=O) groups is 1. The SMILES string of the molecule is C[C@@H](N[C@@H](C(=O)N1CCCC1)c1ccccc1)c1ccc(Cl)cc1. The van der Waals surface area contributed by atoms with E-state index < -0.39 is 0 Å². The Bertz CT molecular complexity index is 666.